The van der Waals surface area contributed by atoms with E-state index >= 15 is 0 Å². The maximum atomic E-state index is 10.4. The first-order chi connectivity index (χ1) is 6.65. The van der Waals surface area contributed by atoms with Crippen molar-refractivity contribution in [3.05, 3.63) is 18.0 Å². The fraction of sp³-hybridized carbons (Fsp3) is 0.700. The van der Waals surface area contributed by atoms with Crippen molar-refractivity contribution in [3.8, 4) is 0 Å². The van der Waals surface area contributed by atoms with E-state index in [0.29, 0.717) is 6.54 Å². The zero-order valence-electron chi connectivity index (χ0n) is 8.77. The van der Waals surface area contributed by atoms with Crippen LogP contribution in [0, 0.1) is 0 Å². The monoisotopic (exact) mass is 195 g/mol. The summed E-state index contributed by atoms with van der Waals surface area (Å²) in [6.45, 7) is 4.51. The number of β-amino-alcohol motifs (C(OH)–C–C–N with tert-alkyl or cyclic N) is 1. The predicted octanol–water partition coefficient (Wildman–Crippen LogP) is 0.426. The molecule has 1 N–H and O–H groups in total. The van der Waals surface area contributed by atoms with Gasteiger partial charge in [-0.2, -0.15) is 5.10 Å². The number of aliphatic hydroxyl groups is 1. The molecule has 1 atom stereocenters. The highest BCUT2D eigenvalue weighted by Crippen LogP contribution is 2.30. The van der Waals surface area contributed by atoms with Gasteiger partial charge in [0.05, 0.1) is 5.69 Å². The Labute approximate surface area is 84.1 Å². The Bertz CT molecular complexity index is 323. The van der Waals surface area contributed by atoms with Gasteiger partial charge < -0.3 is 10.0 Å². The van der Waals surface area contributed by atoms with Gasteiger partial charge in [-0.25, -0.2) is 0 Å². The summed E-state index contributed by atoms with van der Waals surface area (Å²) in [4.78, 5) is 2.15. The number of aryl methyl sites for hydroxylation is 1. The molecule has 2 heterocycles. The quantitative estimate of drug-likeness (QED) is 0.744. The molecule has 14 heavy (non-hydrogen) atoms. The van der Waals surface area contributed by atoms with Gasteiger partial charge >= 0.3 is 0 Å². The lowest BCUT2D eigenvalue weighted by molar-refractivity contribution is 0.0397. The predicted molar refractivity (Wildman–Crippen MR) is 53.9 cm³/mol. The molecule has 0 spiro atoms. The molecule has 1 aliphatic rings. The minimum Gasteiger partial charge on any atom is -0.382 e. The summed E-state index contributed by atoms with van der Waals surface area (Å²) in [5, 5.41) is 14.6. The Morgan fingerprint density at radius 1 is 1.64 bits per heavy atom. The smallest absolute Gasteiger partial charge is 0.120 e. The standard InChI is InChI=1S/C10H17N3O/c1-3-13-9(4-6-11-13)10(14)5-7-12(2)8-10/h4,6,14H,3,5,7-8H2,1-2H3. The van der Waals surface area contributed by atoms with Gasteiger partial charge in [0.2, 0.25) is 0 Å². The Balaban J connectivity index is 2.30. The fourth-order valence-electron chi connectivity index (χ4n) is 2.17. The SMILES string of the molecule is CCn1nccc1C1(O)CCN(C)C1. The summed E-state index contributed by atoms with van der Waals surface area (Å²) in [7, 11) is 2.03. The molecule has 1 unspecified atom stereocenters. The van der Waals surface area contributed by atoms with Gasteiger partial charge in [-0.3, -0.25) is 4.68 Å². The van der Waals surface area contributed by atoms with Crippen molar-refractivity contribution in [1.82, 2.24) is 14.7 Å². The Hall–Kier alpha value is -0.870. The van der Waals surface area contributed by atoms with E-state index in [2.05, 4.69) is 10.00 Å². The molecule has 1 aromatic heterocycles. The van der Waals surface area contributed by atoms with E-state index in [1.54, 1.807) is 6.20 Å². The van der Waals surface area contributed by atoms with E-state index in [1.807, 2.05) is 24.7 Å². The topological polar surface area (TPSA) is 41.3 Å². The van der Waals surface area contributed by atoms with E-state index in [-0.39, 0.29) is 0 Å². The average Bonchev–Trinajstić information content (AvgIpc) is 2.73. The molecule has 0 bridgehead atoms. The molecule has 4 heteroatoms. The Kier molecular flexibility index (Phi) is 2.33. The number of hydrogen-bond donors (Lipinski definition) is 1. The molecular formula is C10H17N3O. The Morgan fingerprint density at radius 3 is 3.00 bits per heavy atom. The van der Waals surface area contributed by atoms with Gasteiger partial charge in [0, 0.05) is 25.8 Å². The van der Waals surface area contributed by atoms with E-state index in [0.717, 1.165) is 25.2 Å². The van der Waals surface area contributed by atoms with Gasteiger partial charge in [0.15, 0.2) is 0 Å². The summed E-state index contributed by atoms with van der Waals surface area (Å²) < 4.78 is 1.87. The van der Waals surface area contributed by atoms with Gasteiger partial charge in [-0.1, -0.05) is 0 Å². The van der Waals surface area contributed by atoms with Gasteiger partial charge in [0.25, 0.3) is 0 Å². The maximum absolute atomic E-state index is 10.4. The van der Waals surface area contributed by atoms with Crippen LogP contribution in [0.2, 0.25) is 0 Å². The molecule has 1 aliphatic heterocycles. The third kappa shape index (κ3) is 1.44. The van der Waals surface area contributed by atoms with Crippen LogP contribution in [0.4, 0.5) is 0 Å². The lowest BCUT2D eigenvalue weighted by atomic mass is 9.99. The highest BCUT2D eigenvalue weighted by molar-refractivity contribution is 5.14. The van der Waals surface area contributed by atoms with Crippen LogP contribution in [0.15, 0.2) is 12.3 Å². The third-order valence-electron chi connectivity index (χ3n) is 2.93. The number of nitrogens with zero attached hydrogens (tertiary/aromatic N) is 3. The van der Waals surface area contributed by atoms with Crippen LogP contribution in [-0.4, -0.2) is 39.9 Å². The molecule has 1 fully saturated rings. The molecule has 0 aliphatic carbocycles. The molecule has 0 saturated carbocycles. The Morgan fingerprint density at radius 2 is 2.43 bits per heavy atom. The summed E-state index contributed by atoms with van der Waals surface area (Å²) in [5.74, 6) is 0. The number of hydrogen-bond acceptors (Lipinski definition) is 3. The minimum absolute atomic E-state index is 0.693. The van der Waals surface area contributed by atoms with Crippen LogP contribution in [0.1, 0.15) is 19.0 Å². The first-order valence-corrected chi connectivity index (χ1v) is 5.09. The molecule has 0 radical (unpaired) electrons. The van der Waals surface area contributed by atoms with Gasteiger partial charge in [-0.05, 0) is 26.5 Å². The van der Waals surface area contributed by atoms with Crippen molar-refractivity contribution < 1.29 is 5.11 Å². The number of likely N-dealkylation sites (N-methyl/N-ethyl adjacent to an activating group) is 1. The fourth-order valence-corrected chi connectivity index (χ4v) is 2.17. The highest BCUT2D eigenvalue weighted by atomic mass is 16.3. The summed E-state index contributed by atoms with van der Waals surface area (Å²) in [6, 6.07) is 1.92. The second-order valence-corrected chi connectivity index (χ2v) is 4.05. The minimum atomic E-state index is -0.693. The highest BCUT2D eigenvalue weighted by Gasteiger charge is 2.38. The van der Waals surface area contributed by atoms with E-state index < -0.39 is 5.60 Å². The average molecular weight is 195 g/mol. The third-order valence-corrected chi connectivity index (χ3v) is 2.93. The summed E-state index contributed by atoms with van der Waals surface area (Å²) in [6.07, 6.45) is 2.56. The van der Waals surface area contributed by atoms with Crippen molar-refractivity contribution in [2.75, 3.05) is 20.1 Å². The molecule has 0 aromatic carbocycles. The molecular weight excluding hydrogens is 178 g/mol. The van der Waals surface area contributed by atoms with Crippen molar-refractivity contribution >= 4 is 0 Å². The molecule has 2 rings (SSSR count). The van der Waals surface area contributed by atoms with Gasteiger partial charge in [-0.15, -0.1) is 0 Å². The van der Waals surface area contributed by atoms with Crippen molar-refractivity contribution in [2.45, 2.75) is 25.5 Å². The summed E-state index contributed by atoms with van der Waals surface area (Å²) in [5.41, 5.74) is 0.255. The number of aromatic nitrogens is 2. The van der Waals surface area contributed by atoms with E-state index in [4.69, 9.17) is 0 Å². The zero-order valence-corrected chi connectivity index (χ0v) is 8.77. The van der Waals surface area contributed by atoms with Gasteiger partial charge in [0.1, 0.15) is 5.60 Å². The number of rotatable bonds is 2. The van der Waals surface area contributed by atoms with Crippen LogP contribution >= 0.6 is 0 Å². The first kappa shape index (κ1) is 9.68. The van der Waals surface area contributed by atoms with E-state index in [9.17, 15) is 5.11 Å². The lowest BCUT2D eigenvalue weighted by Gasteiger charge is -2.23. The van der Waals surface area contributed by atoms with Crippen molar-refractivity contribution in [1.29, 1.82) is 0 Å². The summed E-state index contributed by atoms with van der Waals surface area (Å²) >= 11 is 0. The first-order valence-electron chi connectivity index (χ1n) is 5.09. The van der Waals surface area contributed by atoms with Crippen LogP contribution < -0.4 is 0 Å². The van der Waals surface area contributed by atoms with Crippen LogP contribution in [-0.2, 0) is 12.1 Å². The molecule has 4 nitrogen and oxygen atoms in total. The lowest BCUT2D eigenvalue weighted by Crippen LogP contribution is -2.31. The zero-order chi connectivity index (χ0) is 10.2. The second-order valence-electron chi connectivity index (χ2n) is 4.05. The second kappa shape index (κ2) is 3.37. The number of likely N-dealkylation sites (tertiary alicyclic amines) is 1. The molecule has 1 aromatic rings. The maximum Gasteiger partial charge on any atom is 0.120 e. The van der Waals surface area contributed by atoms with Crippen molar-refractivity contribution in [3.63, 3.8) is 0 Å². The normalized spacial score (nSPS) is 28.5. The van der Waals surface area contributed by atoms with Crippen LogP contribution in [0.5, 0.6) is 0 Å². The van der Waals surface area contributed by atoms with Crippen molar-refractivity contribution in [2.24, 2.45) is 0 Å². The molecule has 1 saturated heterocycles. The van der Waals surface area contributed by atoms with E-state index in [1.165, 1.54) is 0 Å². The molecule has 78 valence electrons. The van der Waals surface area contributed by atoms with Crippen LogP contribution in [0.3, 0.4) is 0 Å². The molecule has 0 amide bonds. The van der Waals surface area contributed by atoms with Crippen LogP contribution in [0.25, 0.3) is 0 Å². The largest absolute Gasteiger partial charge is 0.382 e.